The van der Waals surface area contributed by atoms with Gasteiger partial charge >= 0.3 is 0 Å². The topological polar surface area (TPSA) is 99.0 Å². The number of nitrogens with one attached hydrogen (secondary N) is 1. The predicted molar refractivity (Wildman–Crippen MR) is 88.8 cm³/mol. The summed E-state index contributed by atoms with van der Waals surface area (Å²) < 4.78 is 35.4. The first-order valence-corrected chi connectivity index (χ1v) is 9.19. The van der Waals surface area contributed by atoms with Crippen LogP contribution < -0.4 is 9.46 Å². The molecular formula is C16H15N5O3S. The van der Waals surface area contributed by atoms with Gasteiger partial charge in [0.05, 0.1) is 23.2 Å². The second-order valence-corrected chi connectivity index (χ2v) is 7.31. The number of para-hydroxylation sites is 1. The fourth-order valence-electron chi connectivity index (χ4n) is 2.79. The third-order valence-electron chi connectivity index (χ3n) is 4.00. The SMILES string of the molecule is O=S(=O)(NC1CCOc2ccccc21)c1cccc(-n2cnnn2)c1. The molecule has 4 rings (SSSR count). The van der Waals surface area contributed by atoms with Gasteiger partial charge in [-0.1, -0.05) is 24.3 Å². The van der Waals surface area contributed by atoms with E-state index in [0.717, 1.165) is 5.56 Å². The smallest absolute Gasteiger partial charge is 0.241 e. The number of fused-ring (bicyclic) bond motifs is 1. The normalized spacial score (nSPS) is 16.9. The second-order valence-electron chi connectivity index (χ2n) is 5.60. The molecule has 1 aromatic heterocycles. The van der Waals surface area contributed by atoms with Crippen LogP contribution in [0.4, 0.5) is 0 Å². The lowest BCUT2D eigenvalue weighted by molar-refractivity contribution is 0.263. The minimum atomic E-state index is -3.70. The molecule has 1 atom stereocenters. The van der Waals surface area contributed by atoms with E-state index in [-0.39, 0.29) is 10.9 Å². The molecule has 2 heterocycles. The molecule has 0 saturated carbocycles. The van der Waals surface area contributed by atoms with Gasteiger partial charge in [0.2, 0.25) is 10.0 Å². The van der Waals surface area contributed by atoms with Crippen LogP contribution in [0, 0.1) is 0 Å². The lowest BCUT2D eigenvalue weighted by Crippen LogP contribution is -2.32. The van der Waals surface area contributed by atoms with E-state index in [1.807, 2.05) is 24.3 Å². The highest BCUT2D eigenvalue weighted by atomic mass is 32.2. The molecule has 1 unspecified atom stereocenters. The predicted octanol–water partition coefficient (Wildman–Crippen LogP) is 1.46. The van der Waals surface area contributed by atoms with E-state index in [9.17, 15) is 8.42 Å². The zero-order valence-electron chi connectivity index (χ0n) is 13.1. The molecule has 0 bridgehead atoms. The van der Waals surface area contributed by atoms with E-state index < -0.39 is 10.0 Å². The summed E-state index contributed by atoms with van der Waals surface area (Å²) in [5.41, 5.74) is 1.41. The first-order valence-electron chi connectivity index (χ1n) is 7.71. The van der Waals surface area contributed by atoms with E-state index in [1.54, 1.807) is 18.2 Å². The van der Waals surface area contributed by atoms with Gasteiger partial charge in [0.25, 0.3) is 0 Å². The van der Waals surface area contributed by atoms with Crippen LogP contribution in [-0.2, 0) is 10.0 Å². The van der Waals surface area contributed by atoms with Crippen molar-refractivity contribution in [2.45, 2.75) is 17.4 Å². The van der Waals surface area contributed by atoms with Crippen LogP contribution in [0.1, 0.15) is 18.0 Å². The van der Waals surface area contributed by atoms with Crippen LogP contribution in [0.3, 0.4) is 0 Å². The van der Waals surface area contributed by atoms with Crippen molar-refractivity contribution in [2.24, 2.45) is 0 Å². The van der Waals surface area contributed by atoms with Crippen LogP contribution in [0.2, 0.25) is 0 Å². The first-order chi connectivity index (χ1) is 12.1. The fourth-order valence-corrected chi connectivity index (χ4v) is 4.08. The number of ether oxygens (including phenoxy) is 1. The Morgan fingerprint density at radius 2 is 2.04 bits per heavy atom. The molecule has 25 heavy (non-hydrogen) atoms. The molecule has 9 heteroatoms. The molecule has 1 aliphatic rings. The lowest BCUT2D eigenvalue weighted by atomic mass is 10.0. The number of sulfonamides is 1. The van der Waals surface area contributed by atoms with E-state index in [1.165, 1.54) is 17.1 Å². The average molecular weight is 357 g/mol. The molecule has 128 valence electrons. The van der Waals surface area contributed by atoms with Crippen molar-refractivity contribution in [3.63, 3.8) is 0 Å². The Kier molecular flexibility index (Phi) is 3.94. The molecule has 3 aromatic rings. The van der Waals surface area contributed by atoms with Crippen molar-refractivity contribution in [3.8, 4) is 11.4 Å². The molecule has 0 aliphatic carbocycles. The van der Waals surface area contributed by atoms with Crippen molar-refractivity contribution >= 4 is 10.0 Å². The van der Waals surface area contributed by atoms with Gasteiger partial charge in [0, 0.05) is 12.0 Å². The Morgan fingerprint density at radius 3 is 2.88 bits per heavy atom. The van der Waals surface area contributed by atoms with Gasteiger partial charge in [-0.3, -0.25) is 0 Å². The number of benzene rings is 2. The maximum Gasteiger partial charge on any atom is 0.241 e. The standard InChI is InChI=1S/C16H15N5O3S/c22-25(23,13-5-3-4-12(10-13)21-11-17-19-20-21)18-15-8-9-24-16-7-2-1-6-14(15)16/h1-7,10-11,15,18H,8-9H2. The fraction of sp³-hybridized carbons (Fsp3) is 0.188. The van der Waals surface area contributed by atoms with Crippen LogP contribution in [-0.4, -0.2) is 35.2 Å². The third-order valence-corrected chi connectivity index (χ3v) is 5.47. The highest BCUT2D eigenvalue weighted by Crippen LogP contribution is 2.32. The van der Waals surface area contributed by atoms with Gasteiger partial charge in [-0.25, -0.2) is 17.8 Å². The Hall–Kier alpha value is -2.78. The Balaban J connectivity index is 1.64. The number of nitrogens with zero attached hydrogens (tertiary/aromatic N) is 4. The summed E-state index contributed by atoms with van der Waals surface area (Å²) in [5, 5.41) is 10.9. The van der Waals surface area contributed by atoms with Gasteiger partial charge < -0.3 is 4.74 Å². The van der Waals surface area contributed by atoms with E-state index in [0.29, 0.717) is 24.5 Å². The van der Waals surface area contributed by atoms with Crippen molar-refractivity contribution in [1.29, 1.82) is 0 Å². The monoisotopic (exact) mass is 357 g/mol. The Labute approximate surface area is 144 Å². The summed E-state index contributed by atoms with van der Waals surface area (Å²) in [6.45, 7) is 0.467. The molecule has 0 amide bonds. The van der Waals surface area contributed by atoms with Crippen LogP contribution in [0.25, 0.3) is 5.69 Å². The van der Waals surface area contributed by atoms with Crippen LogP contribution >= 0.6 is 0 Å². The first kappa shape index (κ1) is 15.7. The summed E-state index contributed by atoms with van der Waals surface area (Å²) in [4.78, 5) is 0.157. The zero-order chi connectivity index (χ0) is 17.3. The highest BCUT2D eigenvalue weighted by molar-refractivity contribution is 7.89. The molecule has 0 radical (unpaired) electrons. The van der Waals surface area contributed by atoms with Gasteiger partial charge in [-0.2, -0.15) is 0 Å². The number of hydrogen-bond acceptors (Lipinski definition) is 6. The molecule has 0 saturated heterocycles. The minimum Gasteiger partial charge on any atom is -0.493 e. The number of aromatic nitrogens is 4. The van der Waals surface area contributed by atoms with Crippen molar-refractivity contribution in [3.05, 3.63) is 60.4 Å². The summed E-state index contributed by atoms with van der Waals surface area (Å²) in [5.74, 6) is 0.712. The second kappa shape index (κ2) is 6.26. The van der Waals surface area contributed by atoms with E-state index in [4.69, 9.17) is 4.74 Å². The van der Waals surface area contributed by atoms with Crippen LogP contribution in [0.15, 0.2) is 59.8 Å². The average Bonchev–Trinajstić information content (AvgIpc) is 3.17. The van der Waals surface area contributed by atoms with E-state index >= 15 is 0 Å². The largest absolute Gasteiger partial charge is 0.493 e. The Bertz CT molecular complexity index is 989. The van der Waals surface area contributed by atoms with Gasteiger partial charge in [0.1, 0.15) is 12.1 Å². The third kappa shape index (κ3) is 3.11. The maximum absolute atomic E-state index is 12.8. The molecule has 0 fully saturated rings. The molecule has 8 nitrogen and oxygen atoms in total. The molecule has 0 spiro atoms. The number of rotatable bonds is 4. The van der Waals surface area contributed by atoms with Gasteiger partial charge in [0.15, 0.2) is 0 Å². The molecule has 2 aromatic carbocycles. The number of hydrogen-bond donors (Lipinski definition) is 1. The quantitative estimate of drug-likeness (QED) is 0.759. The van der Waals surface area contributed by atoms with Gasteiger partial charge in [-0.05, 0) is 34.7 Å². The number of tetrazole rings is 1. The summed E-state index contributed by atoms with van der Waals surface area (Å²) >= 11 is 0. The minimum absolute atomic E-state index is 0.157. The molecule has 1 N–H and O–H groups in total. The van der Waals surface area contributed by atoms with Crippen molar-refractivity contribution in [1.82, 2.24) is 24.9 Å². The maximum atomic E-state index is 12.8. The lowest BCUT2D eigenvalue weighted by Gasteiger charge is -2.26. The van der Waals surface area contributed by atoms with Gasteiger partial charge in [-0.15, -0.1) is 5.10 Å². The molecule has 1 aliphatic heterocycles. The summed E-state index contributed by atoms with van der Waals surface area (Å²) in [6, 6.07) is 13.6. The van der Waals surface area contributed by atoms with E-state index in [2.05, 4.69) is 20.2 Å². The van der Waals surface area contributed by atoms with Crippen LogP contribution in [0.5, 0.6) is 5.75 Å². The highest BCUT2D eigenvalue weighted by Gasteiger charge is 2.26. The molecular weight excluding hydrogens is 342 g/mol. The van der Waals surface area contributed by atoms with Crippen molar-refractivity contribution in [2.75, 3.05) is 6.61 Å². The van der Waals surface area contributed by atoms with Crippen molar-refractivity contribution < 1.29 is 13.2 Å². The Morgan fingerprint density at radius 1 is 1.16 bits per heavy atom. The zero-order valence-corrected chi connectivity index (χ0v) is 13.9. The summed E-state index contributed by atoms with van der Waals surface area (Å²) in [6.07, 6.45) is 1.98. The summed E-state index contributed by atoms with van der Waals surface area (Å²) in [7, 11) is -3.70.